The summed E-state index contributed by atoms with van der Waals surface area (Å²) < 4.78 is 0. The third kappa shape index (κ3) is 4.07. The maximum Gasteiger partial charge on any atom is 0.328 e. The number of hydrogen-bond acceptors (Lipinski definition) is 5. The number of halogens is 1. The molecule has 2 amide bonds. The monoisotopic (exact) mass is 422 g/mol. The first kappa shape index (κ1) is 20.1. The standard InChI is InChI=1S/C22H23ClN6O/c1-3-15-12-25-19-8-7-18(16-5-4-6-17(23)11-16)27-21(19)29(14(15)2)22(30)28-20-9-10-24-13-26-20/h4-11,13-15,25H,3,12H2,1-2H3,(H,24,26,28,30)/t14-,15-/m1/s1. The molecule has 8 heteroatoms. The zero-order chi connectivity index (χ0) is 21.1. The molecule has 0 saturated heterocycles. The van der Waals surface area contributed by atoms with E-state index < -0.39 is 0 Å². The van der Waals surface area contributed by atoms with Crippen LogP contribution in [0.15, 0.2) is 55.0 Å². The fourth-order valence-corrected chi connectivity index (χ4v) is 3.89. The molecule has 30 heavy (non-hydrogen) atoms. The van der Waals surface area contributed by atoms with Crippen molar-refractivity contribution in [2.45, 2.75) is 26.3 Å². The number of carbonyl (C=O) groups is 1. The molecule has 0 radical (unpaired) electrons. The summed E-state index contributed by atoms with van der Waals surface area (Å²) >= 11 is 6.17. The molecule has 0 spiro atoms. The van der Waals surface area contributed by atoms with Gasteiger partial charge in [-0.1, -0.05) is 30.7 Å². The van der Waals surface area contributed by atoms with Crippen LogP contribution in [-0.4, -0.2) is 33.6 Å². The number of hydrogen-bond donors (Lipinski definition) is 2. The number of amides is 2. The van der Waals surface area contributed by atoms with Gasteiger partial charge in [0.15, 0.2) is 5.82 Å². The Hall–Kier alpha value is -3.19. The first-order chi connectivity index (χ1) is 14.6. The lowest BCUT2D eigenvalue weighted by atomic mass is 9.97. The summed E-state index contributed by atoms with van der Waals surface area (Å²) in [5.41, 5.74) is 2.46. The number of nitrogens with zero attached hydrogens (tertiary/aromatic N) is 4. The number of rotatable bonds is 3. The lowest BCUT2D eigenvalue weighted by Crippen LogP contribution is -2.46. The lowest BCUT2D eigenvalue weighted by Gasteiger charge is -2.31. The van der Waals surface area contributed by atoms with Crippen LogP contribution in [0.3, 0.4) is 0 Å². The number of urea groups is 1. The number of aromatic nitrogens is 3. The van der Waals surface area contributed by atoms with Crippen molar-refractivity contribution in [3.8, 4) is 11.3 Å². The van der Waals surface area contributed by atoms with E-state index in [9.17, 15) is 4.79 Å². The molecule has 0 bridgehead atoms. The summed E-state index contributed by atoms with van der Waals surface area (Å²) in [6, 6.07) is 12.8. The minimum Gasteiger partial charge on any atom is -0.382 e. The zero-order valence-corrected chi connectivity index (χ0v) is 17.6. The highest BCUT2D eigenvalue weighted by molar-refractivity contribution is 6.30. The third-order valence-electron chi connectivity index (χ3n) is 5.43. The zero-order valence-electron chi connectivity index (χ0n) is 16.8. The molecule has 0 fully saturated rings. The Morgan fingerprint density at radius 3 is 2.90 bits per heavy atom. The third-order valence-corrected chi connectivity index (χ3v) is 5.66. The molecule has 4 rings (SSSR count). The van der Waals surface area contributed by atoms with Gasteiger partial charge in [-0.05, 0) is 49.6 Å². The molecule has 0 saturated carbocycles. The molecular formula is C22H23ClN6O. The summed E-state index contributed by atoms with van der Waals surface area (Å²) in [5.74, 6) is 1.30. The Balaban J connectivity index is 1.76. The highest BCUT2D eigenvalue weighted by atomic mass is 35.5. The van der Waals surface area contributed by atoms with Crippen molar-refractivity contribution in [1.29, 1.82) is 0 Å². The van der Waals surface area contributed by atoms with E-state index in [1.54, 1.807) is 17.2 Å². The molecule has 0 unspecified atom stereocenters. The number of benzene rings is 1. The normalized spacial score (nSPS) is 18.2. The Bertz CT molecular complexity index is 1040. The van der Waals surface area contributed by atoms with Gasteiger partial charge in [-0.15, -0.1) is 0 Å². The van der Waals surface area contributed by atoms with E-state index in [2.05, 4.69) is 34.4 Å². The van der Waals surface area contributed by atoms with Crippen LogP contribution in [0.4, 0.5) is 22.1 Å². The maximum atomic E-state index is 13.3. The second-order valence-electron chi connectivity index (χ2n) is 7.26. The van der Waals surface area contributed by atoms with Gasteiger partial charge in [-0.25, -0.2) is 19.7 Å². The van der Waals surface area contributed by atoms with Crippen LogP contribution in [0.2, 0.25) is 5.02 Å². The summed E-state index contributed by atoms with van der Waals surface area (Å²) in [6.45, 7) is 4.95. The molecule has 3 aromatic rings. The first-order valence-electron chi connectivity index (χ1n) is 9.94. The van der Waals surface area contributed by atoms with E-state index in [1.165, 1.54) is 6.33 Å². The topological polar surface area (TPSA) is 83.0 Å². The van der Waals surface area contributed by atoms with Crippen molar-refractivity contribution >= 4 is 35.0 Å². The van der Waals surface area contributed by atoms with Gasteiger partial charge in [0.1, 0.15) is 12.1 Å². The van der Waals surface area contributed by atoms with Crippen molar-refractivity contribution in [2.24, 2.45) is 5.92 Å². The Labute approximate surface area is 180 Å². The molecule has 0 aliphatic carbocycles. The fraction of sp³-hybridized carbons (Fsp3) is 0.273. The lowest BCUT2D eigenvalue weighted by molar-refractivity contribution is 0.252. The van der Waals surface area contributed by atoms with Crippen molar-refractivity contribution < 1.29 is 4.79 Å². The van der Waals surface area contributed by atoms with E-state index in [0.717, 1.165) is 29.9 Å². The van der Waals surface area contributed by atoms with Gasteiger partial charge in [0.05, 0.1) is 11.4 Å². The van der Waals surface area contributed by atoms with Crippen molar-refractivity contribution in [3.05, 3.63) is 60.0 Å². The molecule has 2 aromatic heterocycles. The Kier molecular flexibility index (Phi) is 5.81. The van der Waals surface area contributed by atoms with E-state index in [-0.39, 0.29) is 18.0 Å². The highest BCUT2D eigenvalue weighted by Crippen LogP contribution is 2.35. The van der Waals surface area contributed by atoms with Crippen LogP contribution in [-0.2, 0) is 0 Å². The first-order valence-corrected chi connectivity index (χ1v) is 10.3. The summed E-state index contributed by atoms with van der Waals surface area (Å²) in [4.78, 5) is 27.9. The Morgan fingerprint density at radius 1 is 1.30 bits per heavy atom. The molecule has 2 atom stereocenters. The van der Waals surface area contributed by atoms with Gasteiger partial charge >= 0.3 is 6.03 Å². The number of anilines is 3. The maximum absolute atomic E-state index is 13.3. The number of nitrogens with one attached hydrogen (secondary N) is 2. The Morgan fingerprint density at radius 2 is 2.17 bits per heavy atom. The van der Waals surface area contributed by atoms with Gasteiger partial charge in [0.2, 0.25) is 0 Å². The largest absolute Gasteiger partial charge is 0.382 e. The molecule has 3 heterocycles. The number of pyridine rings is 1. The molecule has 2 N–H and O–H groups in total. The van der Waals surface area contributed by atoms with Crippen molar-refractivity contribution in [2.75, 3.05) is 22.1 Å². The van der Waals surface area contributed by atoms with Crippen molar-refractivity contribution in [1.82, 2.24) is 15.0 Å². The van der Waals surface area contributed by atoms with E-state index >= 15 is 0 Å². The molecule has 1 aromatic carbocycles. The van der Waals surface area contributed by atoms with Gasteiger partial charge in [0.25, 0.3) is 0 Å². The highest BCUT2D eigenvalue weighted by Gasteiger charge is 2.33. The molecule has 1 aliphatic rings. The SMILES string of the molecule is CC[C@@H]1CNc2ccc(-c3cccc(Cl)c3)nc2N(C(=O)Nc2ccncn2)[C@@H]1C. The van der Waals surface area contributed by atoms with Crippen molar-refractivity contribution in [3.63, 3.8) is 0 Å². The number of fused-ring (bicyclic) bond motifs is 1. The second kappa shape index (κ2) is 8.67. The van der Waals surface area contributed by atoms with Crippen LogP contribution in [0.1, 0.15) is 20.3 Å². The molecule has 7 nitrogen and oxygen atoms in total. The van der Waals surface area contributed by atoms with Crippen LogP contribution in [0.5, 0.6) is 0 Å². The summed E-state index contributed by atoms with van der Waals surface area (Å²) in [6.07, 6.45) is 3.93. The van der Waals surface area contributed by atoms with Gasteiger partial charge in [0, 0.05) is 29.4 Å². The van der Waals surface area contributed by atoms with Crippen LogP contribution in [0.25, 0.3) is 11.3 Å². The minimum absolute atomic E-state index is 0.0623. The second-order valence-corrected chi connectivity index (χ2v) is 7.70. The average molecular weight is 423 g/mol. The predicted molar refractivity (Wildman–Crippen MR) is 120 cm³/mol. The van der Waals surface area contributed by atoms with Gasteiger partial charge < -0.3 is 5.32 Å². The fourth-order valence-electron chi connectivity index (χ4n) is 3.69. The van der Waals surface area contributed by atoms with Crippen LogP contribution in [0, 0.1) is 5.92 Å². The smallest absolute Gasteiger partial charge is 0.328 e. The summed E-state index contributed by atoms with van der Waals surface area (Å²) in [7, 11) is 0. The average Bonchev–Trinajstić information content (AvgIpc) is 2.89. The van der Waals surface area contributed by atoms with E-state index in [0.29, 0.717) is 16.7 Å². The molecular weight excluding hydrogens is 400 g/mol. The van der Waals surface area contributed by atoms with Crippen LogP contribution < -0.4 is 15.5 Å². The minimum atomic E-state index is -0.277. The van der Waals surface area contributed by atoms with Crippen LogP contribution >= 0.6 is 11.6 Å². The quantitative estimate of drug-likeness (QED) is 0.615. The van der Waals surface area contributed by atoms with E-state index in [4.69, 9.17) is 16.6 Å². The molecule has 154 valence electrons. The number of carbonyl (C=O) groups excluding carboxylic acids is 1. The van der Waals surface area contributed by atoms with Gasteiger partial charge in [-0.2, -0.15) is 0 Å². The van der Waals surface area contributed by atoms with E-state index in [1.807, 2.05) is 36.4 Å². The summed E-state index contributed by atoms with van der Waals surface area (Å²) in [5, 5.41) is 6.97. The molecule has 1 aliphatic heterocycles. The van der Waals surface area contributed by atoms with Gasteiger partial charge in [-0.3, -0.25) is 10.2 Å². The predicted octanol–water partition coefficient (Wildman–Crippen LogP) is 5.07.